The Hall–Kier alpha value is -2.09. The largest absolute Gasteiger partial charge is 0.573 e. The Morgan fingerprint density at radius 2 is 1.61 bits per heavy atom. The van der Waals surface area contributed by atoms with Crippen LogP contribution in [0.15, 0.2) is 54.6 Å². The molecule has 4 nitrogen and oxygen atoms in total. The molecule has 0 aliphatic carbocycles. The lowest BCUT2D eigenvalue weighted by atomic mass is 9.76. The highest BCUT2D eigenvalue weighted by Crippen LogP contribution is 2.42. The number of nitrogens with zero attached hydrogens (tertiary/aromatic N) is 1. The Morgan fingerprint density at radius 3 is 2.18 bits per heavy atom. The maximum atomic E-state index is 12.4. The molecule has 2 bridgehead atoms. The van der Waals surface area contributed by atoms with Gasteiger partial charge in [-0.1, -0.05) is 42.5 Å². The number of hydrogen-bond donors (Lipinski definition) is 1. The number of alkyl halides is 3. The Morgan fingerprint density at radius 1 is 1.00 bits per heavy atom. The zero-order chi connectivity index (χ0) is 19.8. The lowest BCUT2D eigenvalue weighted by Crippen LogP contribution is -2.60. The van der Waals surface area contributed by atoms with Crippen molar-refractivity contribution in [3.8, 4) is 5.75 Å². The van der Waals surface area contributed by atoms with Gasteiger partial charge in [0.05, 0.1) is 18.8 Å². The zero-order valence-corrected chi connectivity index (χ0v) is 15.2. The average molecular weight is 393 g/mol. The van der Waals surface area contributed by atoms with E-state index in [2.05, 4.69) is 21.8 Å². The monoisotopic (exact) mass is 393 g/mol. The molecule has 2 heterocycles. The molecule has 150 valence electrons. The minimum atomic E-state index is -4.73. The molecule has 2 aromatic carbocycles. The van der Waals surface area contributed by atoms with Gasteiger partial charge in [0.15, 0.2) is 0 Å². The van der Waals surface area contributed by atoms with Gasteiger partial charge in [-0.15, -0.1) is 13.2 Å². The van der Waals surface area contributed by atoms with Gasteiger partial charge in [0, 0.05) is 18.6 Å². The summed E-state index contributed by atoms with van der Waals surface area (Å²) in [6.07, 6.45) is -3.79. The van der Waals surface area contributed by atoms with E-state index < -0.39 is 12.0 Å². The number of rotatable bonds is 4. The van der Waals surface area contributed by atoms with Crippen LogP contribution >= 0.6 is 0 Å². The van der Waals surface area contributed by atoms with Crippen LogP contribution in [0, 0.1) is 0 Å². The van der Waals surface area contributed by atoms with Gasteiger partial charge < -0.3 is 14.6 Å². The first-order valence-corrected chi connectivity index (χ1v) is 9.28. The first-order valence-electron chi connectivity index (χ1n) is 9.28. The van der Waals surface area contributed by atoms with E-state index in [9.17, 15) is 18.3 Å². The van der Waals surface area contributed by atoms with E-state index in [-0.39, 0.29) is 17.8 Å². The van der Waals surface area contributed by atoms with Crippen molar-refractivity contribution in [2.45, 2.75) is 43.4 Å². The van der Waals surface area contributed by atoms with E-state index in [1.54, 1.807) is 0 Å². The summed E-state index contributed by atoms with van der Waals surface area (Å²) in [5, 5.41) is 11.3. The number of benzene rings is 2. The number of hydrogen-bond acceptors (Lipinski definition) is 4. The predicted molar refractivity (Wildman–Crippen MR) is 96.6 cm³/mol. The minimum absolute atomic E-state index is 0.0452. The van der Waals surface area contributed by atoms with Crippen molar-refractivity contribution in [1.82, 2.24) is 4.90 Å². The molecule has 2 aromatic rings. The van der Waals surface area contributed by atoms with E-state index in [1.165, 1.54) is 29.8 Å². The highest BCUT2D eigenvalue weighted by molar-refractivity contribution is 5.32. The second kappa shape index (κ2) is 7.39. The summed E-state index contributed by atoms with van der Waals surface area (Å²) in [7, 11) is 0. The van der Waals surface area contributed by atoms with Crippen molar-refractivity contribution < 1.29 is 27.8 Å². The number of morpholine rings is 1. The molecular weight excluding hydrogens is 371 g/mol. The van der Waals surface area contributed by atoms with Crippen LogP contribution in [0.4, 0.5) is 13.2 Å². The second-order valence-electron chi connectivity index (χ2n) is 7.52. The summed E-state index contributed by atoms with van der Waals surface area (Å²) in [4.78, 5) is 2.37. The smallest absolute Gasteiger partial charge is 0.406 e. The molecule has 2 fully saturated rings. The summed E-state index contributed by atoms with van der Waals surface area (Å²) in [6, 6.07) is 15.8. The molecule has 0 aromatic heterocycles. The number of fused-ring (bicyclic) bond motifs is 2. The lowest BCUT2D eigenvalue weighted by Gasteiger charge is -2.52. The number of aliphatic hydroxyl groups is 1. The fourth-order valence-corrected chi connectivity index (χ4v) is 4.30. The second-order valence-corrected chi connectivity index (χ2v) is 7.52. The molecule has 7 heteroatoms. The SMILES string of the molecule is OC1(c2ccc(OC(F)(F)F)cc2)CC2COCC(C1)N2Cc1ccccc1. The molecule has 4 rings (SSSR count). The van der Waals surface area contributed by atoms with Crippen molar-refractivity contribution >= 4 is 0 Å². The van der Waals surface area contributed by atoms with Gasteiger partial charge in [0.2, 0.25) is 0 Å². The standard InChI is InChI=1S/C21H22F3NO3/c22-21(23,24)28-19-8-6-16(7-9-19)20(26)10-17-13-27-14-18(11-20)25(17)12-15-4-2-1-3-5-15/h1-9,17-18,26H,10-14H2. The number of halogens is 3. The Bertz CT molecular complexity index is 781. The molecule has 1 N–H and O–H groups in total. The molecule has 0 spiro atoms. The Labute approximate surface area is 161 Å². The topological polar surface area (TPSA) is 41.9 Å². The molecule has 2 atom stereocenters. The van der Waals surface area contributed by atoms with E-state index in [1.807, 2.05) is 18.2 Å². The molecule has 0 amide bonds. The maximum Gasteiger partial charge on any atom is 0.573 e. The Balaban J connectivity index is 1.51. The number of piperidine rings is 1. The number of ether oxygens (including phenoxy) is 2. The van der Waals surface area contributed by atoms with Crippen molar-refractivity contribution in [1.29, 1.82) is 0 Å². The van der Waals surface area contributed by atoms with Crippen LogP contribution in [0.25, 0.3) is 0 Å². The van der Waals surface area contributed by atoms with Crippen LogP contribution in [-0.4, -0.2) is 41.7 Å². The third-order valence-electron chi connectivity index (χ3n) is 5.54. The third-order valence-corrected chi connectivity index (χ3v) is 5.54. The van der Waals surface area contributed by atoms with Crippen LogP contribution in [0.5, 0.6) is 5.75 Å². The normalized spacial score (nSPS) is 28.1. The van der Waals surface area contributed by atoms with E-state index in [0.717, 1.165) is 6.54 Å². The molecule has 0 saturated carbocycles. The molecule has 2 unspecified atom stereocenters. The van der Waals surface area contributed by atoms with Crippen LogP contribution in [-0.2, 0) is 16.9 Å². The summed E-state index contributed by atoms with van der Waals surface area (Å²) >= 11 is 0. The van der Waals surface area contributed by atoms with Gasteiger partial charge >= 0.3 is 6.36 Å². The van der Waals surface area contributed by atoms with Gasteiger partial charge in [-0.3, -0.25) is 4.90 Å². The quantitative estimate of drug-likeness (QED) is 0.857. The van der Waals surface area contributed by atoms with E-state index >= 15 is 0 Å². The first-order chi connectivity index (χ1) is 13.3. The lowest BCUT2D eigenvalue weighted by molar-refractivity contribution is -0.274. The van der Waals surface area contributed by atoms with Gasteiger partial charge in [0.25, 0.3) is 0 Å². The summed E-state index contributed by atoms with van der Waals surface area (Å²) < 4.78 is 46.7. The van der Waals surface area contributed by atoms with Crippen molar-refractivity contribution in [2.75, 3.05) is 13.2 Å². The fourth-order valence-electron chi connectivity index (χ4n) is 4.30. The highest BCUT2D eigenvalue weighted by Gasteiger charge is 2.47. The Kier molecular flexibility index (Phi) is 5.07. The van der Waals surface area contributed by atoms with Gasteiger partial charge in [-0.25, -0.2) is 0 Å². The van der Waals surface area contributed by atoms with Gasteiger partial charge in [-0.2, -0.15) is 0 Å². The van der Waals surface area contributed by atoms with E-state index in [0.29, 0.717) is 31.6 Å². The summed E-state index contributed by atoms with van der Waals surface area (Å²) in [6.45, 7) is 1.84. The van der Waals surface area contributed by atoms with Crippen LogP contribution in [0.1, 0.15) is 24.0 Å². The summed E-state index contributed by atoms with van der Waals surface area (Å²) in [5.41, 5.74) is 0.722. The fraction of sp³-hybridized carbons (Fsp3) is 0.429. The van der Waals surface area contributed by atoms with Gasteiger partial charge in [-0.05, 0) is 36.1 Å². The van der Waals surface area contributed by atoms with Crippen LogP contribution < -0.4 is 4.74 Å². The first kappa shape index (κ1) is 19.2. The van der Waals surface area contributed by atoms with Crippen molar-refractivity contribution in [3.05, 3.63) is 65.7 Å². The van der Waals surface area contributed by atoms with Crippen LogP contribution in [0.2, 0.25) is 0 Å². The third kappa shape index (κ3) is 4.16. The van der Waals surface area contributed by atoms with Crippen molar-refractivity contribution in [2.24, 2.45) is 0 Å². The molecule has 2 aliphatic heterocycles. The maximum absolute atomic E-state index is 12.4. The van der Waals surface area contributed by atoms with Gasteiger partial charge in [0.1, 0.15) is 5.75 Å². The molecular formula is C21H22F3NO3. The molecule has 28 heavy (non-hydrogen) atoms. The molecule has 0 radical (unpaired) electrons. The predicted octanol–water partition coefficient (Wildman–Crippen LogP) is 3.84. The average Bonchev–Trinajstić information content (AvgIpc) is 2.63. The summed E-state index contributed by atoms with van der Waals surface area (Å²) in [5.74, 6) is -0.287. The zero-order valence-electron chi connectivity index (χ0n) is 15.2. The highest BCUT2D eigenvalue weighted by atomic mass is 19.4. The molecule has 2 saturated heterocycles. The van der Waals surface area contributed by atoms with Crippen molar-refractivity contribution in [3.63, 3.8) is 0 Å². The minimum Gasteiger partial charge on any atom is -0.406 e. The van der Waals surface area contributed by atoms with E-state index in [4.69, 9.17) is 4.74 Å². The van der Waals surface area contributed by atoms with Crippen LogP contribution in [0.3, 0.4) is 0 Å². The molecule has 2 aliphatic rings.